The van der Waals surface area contributed by atoms with Gasteiger partial charge in [0.15, 0.2) is 0 Å². The van der Waals surface area contributed by atoms with Gasteiger partial charge in [-0.2, -0.15) is 0 Å². The van der Waals surface area contributed by atoms with Crippen molar-refractivity contribution in [3.05, 3.63) is 109 Å². The van der Waals surface area contributed by atoms with Crippen molar-refractivity contribution >= 4 is 39.7 Å². The Morgan fingerprint density at radius 1 is 0.837 bits per heavy atom. The molecular formula is C43H47GeIrN3O-2. The Morgan fingerprint density at radius 2 is 1.67 bits per heavy atom. The van der Waals surface area contributed by atoms with E-state index >= 15 is 0 Å². The number of furan rings is 1. The van der Waals surface area contributed by atoms with Gasteiger partial charge in [-0.1, -0.05) is 35.4 Å². The normalized spacial score (nSPS) is 18.7. The molecule has 255 valence electrons. The van der Waals surface area contributed by atoms with Crippen LogP contribution in [0.1, 0.15) is 57.1 Å². The smallest absolute Gasteiger partial charge is 0.216 e. The number of pyridine rings is 3. The summed E-state index contributed by atoms with van der Waals surface area (Å²) < 4.78 is 7.63. The molecule has 6 aromatic rings. The summed E-state index contributed by atoms with van der Waals surface area (Å²) in [4.78, 5) is 13.7. The van der Waals surface area contributed by atoms with Crippen molar-refractivity contribution in [2.45, 2.75) is 76.1 Å². The maximum atomic E-state index is 6.09. The fraction of sp³-hybridized carbons (Fsp3) is 0.372. The third-order valence-electron chi connectivity index (χ3n) is 10.4. The van der Waals surface area contributed by atoms with Crippen LogP contribution in [0.3, 0.4) is 0 Å². The summed E-state index contributed by atoms with van der Waals surface area (Å²) in [5.41, 5.74) is 8.41. The molecule has 1 atom stereocenters. The summed E-state index contributed by atoms with van der Waals surface area (Å²) in [6.07, 6.45) is 15.4. The van der Waals surface area contributed by atoms with Gasteiger partial charge in [0, 0.05) is 37.9 Å². The summed E-state index contributed by atoms with van der Waals surface area (Å²) in [5.74, 6) is 10.7. The second-order valence-electron chi connectivity index (χ2n) is 15.4. The summed E-state index contributed by atoms with van der Waals surface area (Å²) in [6, 6.07) is 29.5. The van der Waals surface area contributed by atoms with Crippen LogP contribution in [-0.2, 0) is 32.9 Å². The molecule has 4 nitrogen and oxygen atoms in total. The first-order valence-corrected chi connectivity index (χ1v) is 25.2. The van der Waals surface area contributed by atoms with Crippen molar-refractivity contribution in [2.24, 2.45) is 23.7 Å². The van der Waals surface area contributed by atoms with Gasteiger partial charge in [0.05, 0.1) is 5.58 Å². The second-order valence-corrected chi connectivity index (χ2v) is 26.0. The van der Waals surface area contributed by atoms with Crippen molar-refractivity contribution in [2.75, 3.05) is 0 Å². The van der Waals surface area contributed by atoms with E-state index in [9.17, 15) is 0 Å². The van der Waals surface area contributed by atoms with Crippen LogP contribution in [0.25, 0.3) is 44.6 Å². The summed E-state index contributed by atoms with van der Waals surface area (Å²) in [6.45, 7) is 4.57. The SMILES string of the molecule is CC(C)Cc1cc(-c2[c-]cccc2)nc[c]1[Ge]([CH3])([CH3])[CH3].[Ir].[c-]1ccc2c(oc3ncccc32)c1-c1cc(CC2CC3CCC2CC3)ccn1. The van der Waals surface area contributed by atoms with Crippen LogP contribution in [0.5, 0.6) is 0 Å². The summed E-state index contributed by atoms with van der Waals surface area (Å²) in [5, 5.41) is 2.12. The van der Waals surface area contributed by atoms with Crippen LogP contribution in [0.2, 0.25) is 17.3 Å². The van der Waals surface area contributed by atoms with E-state index in [1.165, 1.54) is 49.7 Å². The molecule has 2 aromatic carbocycles. The van der Waals surface area contributed by atoms with Gasteiger partial charge in [-0.15, -0.1) is 18.2 Å². The Morgan fingerprint density at radius 3 is 2.39 bits per heavy atom. The van der Waals surface area contributed by atoms with E-state index in [0.717, 1.165) is 63.0 Å². The molecule has 0 aliphatic heterocycles. The van der Waals surface area contributed by atoms with Gasteiger partial charge < -0.3 is 9.40 Å². The average molecular weight is 887 g/mol. The third-order valence-corrected chi connectivity index (χ3v) is 14.7. The van der Waals surface area contributed by atoms with E-state index in [1.54, 1.807) is 10.6 Å². The quantitative estimate of drug-likeness (QED) is 0.118. The van der Waals surface area contributed by atoms with Gasteiger partial charge >= 0.3 is 126 Å². The fourth-order valence-electron chi connectivity index (χ4n) is 8.05. The van der Waals surface area contributed by atoms with Crippen LogP contribution < -0.4 is 4.40 Å². The topological polar surface area (TPSA) is 51.8 Å². The number of hydrogen-bond donors (Lipinski definition) is 0. The van der Waals surface area contributed by atoms with Crippen LogP contribution in [0, 0.1) is 35.8 Å². The Hall–Kier alpha value is -3.12. The van der Waals surface area contributed by atoms with Gasteiger partial charge in [-0.3, -0.25) is 0 Å². The number of benzene rings is 2. The Bertz CT molecular complexity index is 2010. The van der Waals surface area contributed by atoms with Crippen molar-refractivity contribution in [1.82, 2.24) is 15.0 Å². The minimum Gasteiger partial charge on any atom is -0.486 e. The van der Waals surface area contributed by atoms with E-state index in [2.05, 4.69) is 95.8 Å². The standard InChI is InChI=1S/C25H23N2O.C18H24GeN.Ir/c1-3-20-21-5-2-11-27-25(21)28-24(20)22(4-1)23-15-17(10-12-26-23)14-19-13-16-6-8-18(19)9-7-16;1-14(2)11-16-12-18(15-9-7-6-8-10-15)20-13-17(16)19(3,4)5;/h1-3,5,10-12,15-16,18-19H,6-9,13-14H2;6-9,12-14H,11H2,1-5H3;/q2*-1;. The molecule has 9 rings (SSSR count). The Kier molecular flexibility index (Phi) is 11.2. The van der Waals surface area contributed by atoms with Gasteiger partial charge in [0.25, 0.3) is 0 Å². The maximum Gasteiger partial charge on any atom is 0.216 e. The molecule has 3 aliphatic carbocycles. The zero-order valence-corrected chi connectivity index (χ0v) is 33.9. The molecule has 3 aliphatic rings. The molecule has 0 N–H and O–H groups in total. The van der Waals surface area contributed by atoms with Gasteiger partial charge in [0.2, 0.25) is 5.71 Å². The molecule has 0 amide bonds. The number of aromatic nitrogens is 3. The van der Waals surface area contributed by atoms with E-state index in [0.29, 0.717) is 11.6 Å². The van der Waals surface area contributed by atoms with E-state index in [1.807, 2.05) is 36.5 Å². The van der Waals surface area contributed by atoms with Crippen LogP contribution >= 0.6 is 0 Å². The molecule has 4 aromatic heterocycles. The first-order valence-electron chi connectivity index (χ1n) is 17.8. The zero-order valence-electron chi connectivity index (χ0n) is 29.4. The monoisotopic (exact) mass is 888 g/mol. The van der Waals surface area contributed by atoms with Crippen molar-refractivity contribution in [3.63, 3.8) is 0 Å². The van der Waals surface area contributed by atoms with Crippen LogP contribution in [0.4, 0.5) is 0 Å². The second kappa shape index (κ2) is 15.4. The zero-order chi connectivity index (χ0) is 33.3. The van der Waals surface area contributed by atoms with E-state index < -0.39 is 13.3 Å². The van der Waals surface area contributed by atoms with Gasteiger partial charge in [-0.25, -0.2) is 4.98 Å². The van der Waals surface area contributed by atoms with E-state index in [4.69, 9.17) is 9.40 Å². The molecular weight excluding hydrogens is 839 g/mol. The maximum absolute atomic E-state index is 6.09. The molecule has 1 unspecified atom stereocenters. The Labute approximate surface area is 308 Å². The van der Waals surface area contributed by atoms with Gasteiger partial charge in [-0.05, 0) is 67.3 Å². The minimum atomic E-state index is -1.86. The molecule has 0 spiro atoms. The molecule has 49 heavy (non-hydrogen) atoms. The molecule has 2 bridgehead atoms. The predicted molar refractivity (Wildman–Crippen MR) is 201 cm³/mol. The number of fused-ring (bicyclic) bond motifs is 6. The van der Waals surface area contributed by atoms with Crippen molar-refractivity contribution in [1.29, 1.82) is 0 Å². The molecule has 4 heterocycles. The first-order chi connectivity index (χ1) is 23.2. The predicted octanol–water partition coefficient (Wildman–Crippen LogP) is 10.5. The fourth-order valence-corrected chi connectivity index (χ4v) is 11.4. The summed E-state index contributed by atoms with van der Waals surface area (Å²) in [7, 11) is 0. The first kappa shape index (κ1) is 35.7. The number of hydrogen-bond acceptors (Lipinski definition) is 4. The third kappa shape index (κ3) is 8.11. The number of rotatable bonds is 7. The Balaban J connectivity index is 0.000000177. The minimum absolute atomic E-state index is 0. The van der Waals surface area contributed by atoms with Crippen LogP contribution in [0.15, 0.2) is 89.7 Å². The molecule has 1 radical (unpaired) electrons. The average Bonchev–Trinajstić information content (AvgIpc) is 3.48. The van der Waals surface area contributed by atoms with Crippen molar-refractivity contribution < 1.29 is 24.5 Å². The molecule has 6 heteroatoms. The largest absolute Gasteiger partial charge is 0.486 e. The van der Waals surface area contributed by atoms with E-state index in [-0.39, 0.29) is 20.1 Å². The summed E-state index contributed by atoms with van der Waals surface area (Å²) >= 11 is -1.86. The number of nitrogens with zero attached hydrogens (tertiary/aromatic N) is 3. The van der Waals surface area contributed by atoms with Gasteiger partial charge in [0.1, 0.15) is 0 Å². The molecule has 3 fully saturated rings. The van der Waals surface area contributed by atoms with Crippen molar-refractivity contribution in [3.8, 4) is 22.5 Å². The molecule has 3 saturated carbocycles. The molecule has 0 saturated heterocycles. The van der Waals surface area contributed by atoms with Crippen LogP contribution in [-0.4, -0.2) is 28.2 Å².